The van der Waals surface area contributed by atoms with Crippen LogP contribution in [0.3, 0.4) is 0 Å². The van der Waals surface area contributed by atoms with Gasteiger partial charge in [0.05, 0.1) is 11.3 Å². The predicted molar refractivity (Wildman–Crippen MR) is 63.0 cm³/mol. The maximum absolute atomic E-state index is 12.8. The molecule has 17 heavy (non-hydrogen) atoms. The molecule has 0 saturated heterocycles. The van der Waals surface area contributed by atoms with Crippen molar-refractivity contribution in [1.82, 2.24) is 0 Å². The van der Waals surface area contributed by atoms with E-state index in [1.165, 1.54) is 19.1 Å². The molecule has 1 rings (SSSR count). The van der Waals surface area contributed by atoms with Gasteiger partial charge in [0.1, 0.15) is 6.61 Å². The zero-order chi connectivity index (χ0) is 13.1. The van der Waals surface area contributed by atoms with Crippen molar-refractivity contribution in [2.24, 2.45) is 5.16 Å². The monoisotopic (exact) mass is 309 g/mol. The Bertz CT molecular complexity index is 429. The van der Waals surface area contributed by atoms with Crippen molar-refractivity contribution in [3.63, 3.8) is 0 Å². The summed E-state index contributed by atoms with van der Waals surface area (Å²) in [5.74, 6) is 0. The van der Waals surface area contributed by atoms with Crippen LogP contribution in [0, 0.1) is 0 Å². The number of oxime groups is 1. The van der Waals surface area contributed by atoms with Gasteiger partial charge in [0, 0.05) is 10.0 Å². The Balaban J connectivity index is 3.25. The fraction of sp³-hybridized carbons (Fsp3) is 0.364. The molecule has 0 radical (unpaired) electrons. The van der Waals surface area contributed by atoms with E-state index in [0.29, 0.717) is 11.1 Å². The van der Waals surface area contributed by atoms with Crippen LogP contribution in [-0.4, -0.2) is 12.3 Å². The molecule has 0 saturated carbocycles. The molecule has 6 heteroatoms. The number of halogens is 4. The molecular weight excluding hydrogens is 299 g/mol. The van der Waals surface area contributed by atoms with Gasteiger partial charge in [0.2, 0.25) is 0 Å². The second-order valence-electron chi connectivity index (χ2n) is 3.28. The predicted octanol–water partition coefficient (Wildman–Crippen LogP) is 4.23. The van der Waals surface area contributed by atoms with Crippen LogP contribution in [0.2, 0.25) is 0 Å². The van der Waals surface area contributed by atoms with Crippen molar-refractivity contribution in [1.29, 1.82) is 0 Å². The van der Waals surface area contributed by atoms with Gasteiger partial charge in [-0.1, -0.05) is 21.1 Å². The third-order valence-corrected chi connectivity index (χ3v) is 2.50. The van der Waals surface area contributed by atoms with Gasteiger partial charge in [-0.2, -0.15) is 13.2 Å². The highest BCUT2D eigenvalue weighted by atomic mass is 79.9. The lowest BCUT2D eigenvalue weighted by atomic mass is 10.0. The van der Waals surface area contributed by atoms with Gasteiger partial charge in [-0.15, -0.1) is 0 Å². The van der Waals surface area contributed by atoms with E-state index in [0.717, 1.165) is 6.07 Å². The minimum Gasteiger partial charge on any atom is -0.396 e. The molecule has 2 nitrogen and oxygen atoms in total. The van der Waals surface area contributed by atoms with Gasteiger partial charge in [-0.25, -0.2) is 0 Å². The molecule has 0 aliphatic heterocycles. The molecule has 1 aromatic carbocycles. The molecule has 0 bridgehead atoms. The van der Waals surface area contributed by atoms with Crippen LogP contribution >= 0.6 is 15.9 Å². The molecule has 0 atom stereocenters. The average Bonchev–Trinajstić information content (AvgIpc) is 2.24. The molecule has 1 aromatic rings. The van der Waals surface area contributed by atoms with E-state index < -0.39 is 11.7 Å². The van der Waals surface area contributed by atoms with E-state index in [1.807, 2.05) is 0 Å². The highest BCUT2D eigenvalue weighted by Gasteiger charge is 2.34. The number of alkyl halides is 3. The van der Waals surface area contributed by atoms with Gasteiger partial charge >= 0.3 is 6.18 Å². The number of hydrogen-bond donors (Lipinski definition) is 0. The van der Waals surface area contributed by atoms with Crippen molar-refractivity contribution in [2.75, 3.05) is 6.61 Å². The lowest BCUT2D eigenvalue weighted by Gasteiger charge is -2.12. The molecule has 0 aliphatic rings. The van der Waals surface area contributed by atoms with Gasteiger partial charge in [-0.3, -0.25) is 0 Å². The molecular formula is C11H11BrF3NO. The SMILES string of the molecule is CCO/N=C(\C)c1cc(Br)ccc1C(F)(F)F. The smallest absolute Gasteiger partial charge is 0.396 e. The zero-order valence-corrected chi connectivity index (χ0v) is 10.9. The maximum Gasteiger partial charge on any atom is 0.417 e. The van der Waals surface area contributed by atoms with E-state index in [1.54, 1.807) is 6.92 Å². The van der Waals surface area contributed by atoms with Crippen molar-refractivity contribution in [3.05, 3.63) is 33.8 Å². The first-order valence-corrected chi connectivity index (χ1v) is 5.69. The van der Waals surface area contributed by atoms with Crippen LogP contribution in [0.4, 0.5) is 13.2 Å². The Morgan fingerprint density at radius 2 is 2.06 bits per heavy atom. The molecule has 0 unspecified atom stereocenters. The van der Waals surface area contributed by atoms with E-state index in [2.05, 4.69) is 21.1 Å². The summed E-state index contributed by atoms with van der Waals surface area (Å²) >= 11 is 3.14. The number of hydrogen-bond acceptors (Lipinski definition) is 2. The lowest BCUT2D eigenvalue weighted by Crippen LogP contribution is -2.12. The maximum atomic E-state index is 12.8. The van der Waals surface area contributed by atoms with Gasteiger partial charge in [-0.05, 0) is 32.0 Å². The lowest BCUT2D eigenvalue weighted by molar-refractivity contribution is -0.137. The zero-order valence-electron chi connectivity index (χ0n) is 9.31. The van der Waals surface area contributed by atoms with Gasteiger partial charge < -0.3 is 4.84 Å². The van der Waals surface area contributed by atoms with Crippen LogP contribution in [0.1, 0.15) is 25.0 Å². The normalized spacial score (nSPS) is 12.7. The molecule has 0 aromatic heterocycles. The third kappa shape index (κ3) is 3.73. The number of benzene rings is 1. The van der Waals surface area contributed by atoms with Crippen molar-refractivity contribution < 1.29 is 18.0 Å². The average molecular weight is 310 g/mol. The summed E-state index contributed by atoms with van der Waals surface area (Å²) < 4.78 is 38.8. The minimum absolute atomic E-state index is 0.0142. The fourth-order valence-corrected chi connectivity index (χ4v) is 1.63. The summed E-state index contributed by atoms with van der Waals surface area (Å²) in [4.78, 5) is 4.76. The number of nitrogens with zero attached hydrogens (tertiary/aromatic N) is 1. The van der Waals surface area contributed by atoms with Crippen LogP contribution < -0.4 is 0 Å². The second-order valence-corrected chi connectivity index (χ2v) is 4.20. The second kappa shape index (κ2) is 5.53. The Morgan fingerprint density at radius 3 is 2.59 bits per heavy atom. The fourth-order valence-electron chi connectivity index (χ4n) is 1.27. The Morgan fingerprint density at radius 1 is 1.41 bits per heavy atom. The van der Waals surface area contributed by atoms with Gasteiger partial charge in [0.25, 0.3) is 0 Å². The van der Waals surface area contributed by atoms with Crippen LogP contribution in [0.25, 0.3) is 0 Å². The van der Waals surface area contributed by atoms with E-state index >= 15 is 0 Å². The van der Waals surface area contributed by atoms with Crippen LogP contribution in [0.15, 0.2) is 27.8 Å². The summed E-state index contributed by atoms with van der Waals surface area (Å²) in [6, 6.07) is 3.74. The summed E-state index contributed by atoms with van der Waals surface area (Å²) in [7, 11) is 0. The topological polar surface area (TPSA) is 21.6 Å². The molecule has 0 aliphatic carbocycles. The molecule has 0 fully saturated rings. The van der Waals surface area contributed by atoms with Crippen molar-refractivity contribution >= 4 is 21.6 Å². The number of rotatable bonds is 3. The largest absolute Gasteiger partial charge is 0.417 e. The highest BCUT2D eigenvalue weighted by molar-refractivity contribution is 9.10. The standard InChI is InChI=1S/C11H11BrF3NO/c1-3-17-16-7(2)9-6-8(12)4-5-10(9)11(13,14)15/h4-6H,3H2,1-2H3/b16-7+. The molecule has 94 valence electrons. The summed E-state index contributed by atoms with van der Waals surface area (Å²) in [6.45, 7) is 3.50. The highest BCUT2D eigenvalue weighted by Crippen LogP contribution is 2.33. The summed E-state index contributed by atoms with van der Waals surface area (Å²) in [6.07, 6.45) is -4.40. The first kappa shape index (κ1) is 14.0. The summed E-state index contributed by atoms with van der Waals surface area (Å²) in [5.41, 5.74) is -0.512. The third-order valence-electron chi connectivity index (χ3n) is 2.01. The molecule has 0 spiro atoms. The molecule has 0 amide bonds. The van der Waals surface area contributed by atoms with Crippen LogP contribution in [-0.2, 0) is 11.0 Å². The Kier molecular flexibility index (Phi) is 4.56. The van der Waals surface area contributed by atoms with E-state index in [4.69, 9.17) is 4.84 Å². The van der Waals surface area contributed by atoms with E-state index in [9.17, 15) is 13.2 Å². The van der Waals surface area contributed by atoms with E-state index in [-0.39, 0.29) is 11.3 Å². The first-order valence-electron chi connectivity index (χ1n) is 4.90. The quantitative estimate of drug-likeness (QED) is 0.605. The van der Waals surface area contributed by atoms with Crippen molar-refractivity contribution in [3.8, 4) is 0 Å². The minimum atomic E-state index is -4.40. The van der Waals surface area contributed by atoms with Gasteiger partial charge in [0.15, 0.2) is 0 Å². The first-order chi connectivity index (χ1) is 7.86. The van der Waals surface area contributed by atoms with Crippen molar-refractivity contribution in [2.45, 2.75) is 20.0 Å². The van der Waals surface area contributed by atoms with Crippen LogP contribution in [0.5, 0.6) is 0 Å². The molecule has 0 heterocycles. The Labute approximate surface area is 106 Å². The molecule has 0 N–H and O–H groups in total. The Hall–Kier alpha value is -1.04. The summed E-state index contributed by atoms with van der Waals surface area (Å²) in [5, 5.41) is 3.62.